The third kappa shape index (κ3) is 6.47. The standard InChI is InChI=1S/C17H27Cl2N/c1-4-11-20-14(8-5-7-13(2)3)12-15-16(18)9-6-10-17(15)19/h6,9-10,13-14,20H,4-5,7-8,11-12H2,1-3H3. The molecule has 0 heterocycles. The van der Waals surface area contributed by atoms with Crippen LogP contribution in [-0.2, 0) is 6.42 Å². The van der Waals surface area contributed by atoms with E-state index in [1.54, 1.807) is 0 Å². The molecular weight excluding hydrogens is 289 g/mol. The van der Waals surface area contributed by atoms with Crippen molar-refractivity contribution in [3.63, 3.8) is 0 Å². The second-order valence-electron chi connectivity index (χ2n) is 5.88. The first-order chi connectivity index (χ1) is 9.54. The predicted octanol–water partition coefficient (Wildman–Crippen LogP) is 5.73. The first-order valence-electron chi connectivity index (χ1n) is 7.70. The van der Waals surface area contributed by atoms with Crippen LogP contribution in [0.25, 0.3) is 0 Å². The second kappa shape index (κ2) is 9.65. The van der Waals surface area contributed by atoms with Gasteiger partial charge in [0.05, 0.1) is 0 Å². The van der Waals surface area contributed by atoms with Crippen LogP contribution in [0.5, 0.6) is 0 Å². The minimum Gasteiger partial charge on any atom is -0.314 e. The topological polar surface area (TPSA) is 12.0 Å². The third-order valence-electron chi connectivity index (χ3n) is 3.53. The summed E-state index contributed by atoms with van der Waals surface area (Å²) < 4.78 is 0. The molecule has 0 amide bonds. The fourth-order valence-electron chi connectivity index (χ4n) is 2.37. The summed E-state index contributed by atoms with van der Waals surface area (Å²) in [5.41, 5.74) is 1.08. The minimum absolute atomic E-state index is 0.464. The molecule has 1 atom stereocenters. The van der Waals surface area contributed by atoms with Crippen LogP contribution in [0.15, 0.2) is 18.2 Å². The molecule has 0 fully saturated rings. The van der Waals surface area contributed by atoms with E-state index in [1.165, 1.54) is 19.3 Å². The van der Waals surface area contributed by atoms with E-state index in [-0.39, 0.29) is 0 Å². The second-order valence-corrected chi connectivity index (χ2v) is 6.69. The molecule has 0 aromatic heterocycles. The van der Waals surface area contributed by atoms with Crippen LogP contribution in [0.2, 0.25) is 10.0 Å². The van der Waals surface area contributed by atoms with E-state index in [0.29, 0.717) is 6.04 Å². The lowest BCUT2D eigenvalue weighted by atomic mass is 9.98. The van der Waals surface area contributed by atoms with Crippen LogP contribution < -0.4 is 5.32 Å². The maximum atomic E-state index is 6.28. The fourth-order valence-corrected chi connectivity index (χ4v) is 2.92. The van der Waals surface area contributed by atoms with E-state index in [4.69, 9.17) is 23.2 Å². The molecular formula is C17H27Cl2N. The van der Waals surface area contributed by atoms with E-state index in [1.807, 2.05) is 18.2 Å². The Balaban J connectivity index is 2.63. The van der Waals surface area contributed by atoms with Crippen LogP contribution in [0.3, 0.4) is 0 Å². The Morgan fingerprint density at radius 1 is 1.10 bits per heavy atom. The largest absolute Gasteiger partial charge is 0.314 e. The number of hydrogen-bond acceptors (Lipinski definition) is 1. The quantitative estimate of drug-likeness (QED) is 0.613. The highest BCUT2D eigenvalue weighted by Gasteiger charge is 2.13. The zero-order valence-corrected chi connectivity index (χ0v) is 14.4. The van der Waals surface area contributed by atoms with Gasteiger partial charge in [-0.1, -0.05) is 62.9 Å². The SMILES string of the molecule is CCCNC(CCCC(C)C)Cc1c(Cl)cccc1Cl. The van der Waals surface area contributed by atoms with Crippen molar-refractivity contribution in [2.75, 3.05) is 6.54 Å². The summed E-state index contributed by atoms with van der Waals surface area (Å²) in [5, 5.41) is 5.19. The highest BCUT2D eigenvalue weighted by Crippen LogP contribution is 2.26. The summed E-state index contributed by atoms with van der Waals surface area (Å²) in [4.78, 5) is 0. The smallest absolute Gasteiger partial charge is 0.0453 e. The Bertz CT molecular complexity index is 370. The van der Waals surface area contributed by atoms with Gasteiger partial charge < -0.3 is 5.32 Å². The van der Waals surface area contributed by atoms with E-state index in [2.05, 4.69) is 26.1 Å². The van der Waals surface area contributed by atoms with E-state index in [9.17, 15) is 0 Å². The maximum absolute atomic E-state index is 6.28. The molecule has 114 valence electrons. The molecule has 1 aromatic carbocycles. The molecule has 0 saturated heterocycles. The Morgan fingerprint density at radius 2 is 1.75 bits per heavy atom. The van der Waals surface area contributed by atoms with Crippen molar-refractivity contribution in [1.29, 1.82) is 0 Å². The number of benzene rings is 1. The number of rotatable bonds is 9. The molecule has 0 aliphatic heterocycles. The summed E-state index contributed by atoms with van der Waals surface area (Å²) >= 11 is 12.6. The molecule has 1 nitrogen and oxygen atoms in total. The van der Waals surface area contributed by atoms with Gasteiger partial charge in [-0.25, -0.2) is 0 Å². The molecule has 1 N–H and O–H groups in total. The van der Waals surface area contributed by atoms with Gasteiger partial charge in [-0.05, 0) is 49.4 Å². The van der Waals surface area contributed by atoms with Gasteiger partial charge in [0, 0.05) is 16.1 Å². The fraction of sp³-hybridized carbons (Fsp3) is 0.647. The summed E-state index contributed by atoms with van der Waals surface area (Å²) in [6.07, 6.45) is 5.77. The molecule has 1 aromatic rings. The molecule has 0 aliphatic rings. The van der Waals surface area contributed by atoms with Crippen molar-refractivity contribution >= 4 is 23.2 Å². The van der Waals surface area contributed by atoms with Gasteiger partial charge in [-0.3, -0.25) is 0 Å². The molecule has 0 aliphatic carbocycles. The zero-order chi connectivity index (χ0) is 15.0. The number of halogens is 2. The predicted molar refractivity (Wildman–Crippen MR) is 90.9 cm³/mol. The molecule has 0 radical (unpaired) electrons. The lowest BCUT2D eigenvalue weighted by Crippen LogP contribution is -2.32. The molecule has 3 heteroatoms. The van der Waals surface area contributed by atoms with Crippen molar-refractivity contribution in [3.8, 4) is 0 Å². The van der Waals surface area contributed by atoms with Crippen molar-refractivity contribution in [1.82, 2.24) is 5.32 Å². The van der Waals surface area contributed by atoms with Crippen LogP contribution in [-0.4, -0.2) is 12.6 Å². The number of hydrogen-bond donors (Lipinski definition) is 1. The van der Waals surface area contributed by atoms with Crippen LogP contribution in [0.1, 0.15) is 52.0 Å². The van der Waals surface area contributed by atoms with E-state index >= 15 is 0 Å². The summed E-state index contributed by atoms with van der Waals surface area (Å²) in [6, 6.07) is 6.22. The maximum Gasteiger partial charge on any atom is 0.0453 e. The summed E-state index contributed by atoms with van der Waals surface area (Å²) in [7, 11) is 0. The molecule has 20 heavy (non-hydrogen) atoms. The van der Waals surface area contributed by atoms with Crippen molar-refractivity contribution < 1.29 is 0 Å². The molecule has 1 unspecified atom stereocenters. The van der Waals surface area contributed by atoms with E-state index in [0.717, 1.165) is 40.9 Å². The molecule has 1 rings (SSSR count). The van der Waals surface area contributed by atoms with Gasteiger partial charge in [0.2, 0.25) is 0 Å². The zero-order valence-electron chi connectivity index (χ0n) is 12.9. The van der Waals surface area contributed by atoms with Gasteiger partial charge in [-0.15, -0.1) is 0 Å². The summed E-state index contributed by atoms with van der Waals surface area (Å²) in [6.45, 7) is 7.80. The monoisotopic (exact) mass is 315 g/mol. The molecule has 0 bridgehead atoms. The Morgan fingerprint density at radius 3 is 2.30 bits per heavy atom. The Labute approximate surface area is 134 Å². The lowest BCUT2D eigenvalue weighted by molar-refractivity contribution is 0.434. The van der Waals surface area contributed by atoms with Crippen LogP contribution in [0.4, 0.5) is 0 Å². The highest BCUT2D eigenvalue weighted by atomic mass is 35.5. The number of nitrogens with one attached hydrogen (secondary N) is 1. The van der Waals surface area contributed by atoms with Gasteiger partial charge in [0.15, 0.2) is 0 Å². The normalized spacial score (nSPS) is 12.9. The average molecular weight is 316 g/mol. The Kier molecular flexibility index (Phi) is 8.60. The van der Waals surface area contributed by atoms with Crippen LogP contribution in [0, 0.1) is 5.92 Å². The van der Waals surface area contributed by atoms with E-state index < -0.39 is 0 Å². The van der Waals surface area contributed by atoms with Crippen molar-refractivity contribution in [2.45, 2.75) is 58.9 Å². The highest BCUT2D eigenvalue weighted by molar-refractivity contribution is 6.35. The molecule has 0 spiro atoms. The summed E-state index contributed by atoms with van der Waals surface area (Å²) in [5.74, 6) is 0.769. The lowest BCUT2D eigenvalue weighted by Gasteiger charge is -2.20. The Hall–Kier alpha value is -0.240. The van der Waals surface area contributed by atoms with Crippen LogP contribution >= 0.6 is 23.2 Å². The van der Waals surface area contributed by atoms with Gasteiger partial charge >= 0.3 is 0 Å². The molecule has 0 saturated carbocycles. The van der Waals surface area contributed by atoms with Gasteiger partial charge in [-0.2, -0.15) is 0 Å². The van der Waals surface area contributed by atoms with Crippen molar-refractivity contribution in [2.24, 2.45) is 5.92 Å². The third-order valence-corrected chi connectivity index (χ3v) is 4.24. The van der Waals surface area contributed by atoms with Gasteiger partial charge in [0.1, 0.15) is 0 Å². The average Bonchev–Trinajstić information content (AvgIpc) is 2.39. The van der Waals surface area contributed by atoms with Gasteiger partial charge in [0.25, 0.3) is 0 Å². The minimum atomic E-state index is 0.464. The first kappa shape index (κ1) is 17.8. The first-order valence-corrected chi connectivity index (χ1v) is 8.46. The van der Waals surface area contributed by atoms with Crippen molar-refractivity contribution in [3.05, 3.63) is 33.8 Å².